The Hall–Kier alpha value is -2.67. The summed E-state index contributed by atoms with van der Waals surface area (Å²) >= 11 is 0. The monoisotopic (exact) mass is 473 g/mol. The van der Waals surface area contributed by atoms with E-state index in [-0.39, 0.29) is 23.3 Å². The van der Waals surface area contributed by atoms with Crippen molar-refractivity contribution in [1.29, 1.82) is 0 Å². The fraction of sp³-hybridized carbons (Fsp3) is 0.593. The summed E-state index contributed by atoms with van der Waals surface area (Å²) in [5, 5.41) is 15.6. The fourth-order valence-electron chi connectivity index (χ4n) is 3.89. The summed E-state index contributed by atoms with van der Waals surface area (Å²) in [5.41, 5.74) is 0.231. The minimum absolute atomic E-state index is 0.00756. The lowest BCUT2D eigenvalue weighted by Gasteiger charge is -2.38. The fourth-order valence-corrected chi connectivity index (χ4v) is 3.89. The molecule has 0 unspecified atom stereocenters. The number of benzene rings is 1. The van der Waals surface area contributed by atoms with E-state index in [0.29, 0.717) is 0 Å². The number of carboxylic acid groups (broad SMARTS) is 1. The largest absolute Gasteiger partial charge is 0.478 e. The maximum Gasteiger partial charge on any atom is 0.331 e. The molecule has 1 aromatic rings. The summed E-state index contributed by atoms with van der Waals surface area (Å²) in [5.74, 6) is -1.56. The van der Waals surface area contributed by atoms with Gasteiger partial charge in [0.15, 0.2) is 0 Å². The summed E-state index contributed by atoms with van der Waals surface area (Å²) in [6.07, 6.45) is 1.60. The highest BCUT2D eigenvalue weighted by molar-refractivity contribution is 5.91. The van der Waals surface area contributed by atoms with E-state index in [0.717, 1.165) is 5.56 Å². The van der Waals surface area contributed by atoms with Crippen LogP contribution in [-0.4, -0.2) is 53.0 Å². The molecule has 0 aliphatic carbocycles. The van der Waals surface area contributed by atoms with Crippen LogP contribution in [0.1, 0.15) is 67.9 Å². The van der Waals surface area contributed by atoms with Gasteiger partial charge in [-0.2, -0.15) is 0 Å². The molecule has 7 nitrogen and oxygen atoms in total. The number of nitrogens with one attached hydrogen (secondary N) is 2. The van der Waals surface area contributed by atoms with Gasteiger partial charge in [0.25, 0.3) is 0 Å². The van der Waals surface area contributed by atoms with Crippen LogP contribution in [0.2, 0.25) is 0 Å². The number of carbonyl (C=O) groups excluding carboxylic acids is 2. The number of nitrogens with zero attached hydrogens (tertiary/aromatic N) is 1. The van der Waals surface area contributed by atoms with Crippen LogP contribution in [0, 0.1) is 11.3 Å². The van der Waals surface area contributed by atoms with Crippen LogP contribution in [0.3, 0.4) is 0 Å². The molecule has 1 aromatic carbocycles. The molecule has 3 N–H and O–H groups in total. The van der Waals surface area contributed by atoms with E-state index in [4.69, 9.17) is 0 Å². The van der Waals surface area contributed by atoms with E-state index in [1.54, 1.807) is 24.9 Å². The van der Waals surface area contributed by atoms with Gasteiger partial charge in [0.2, 0.25) is 11.8 Å². The van der Waals surface area contributed by atoms with Gasteiger partial charge in [0.05, 0.1) is 12.1 Å². The Morgan fingerprint density at radius 3 is 1.97 bits per heavy atom. The van der Waals surface area contributed by atoms with E-state index in [1.807, 2.05) is 78.8 Å². The Labute approximate surface area is 205 Å². The normalized spacial score (nSPS) is 15.4. The van der Waals surface area contributed by atoms with Crippen LogP contribution >= 0.6 is 0 Å². The van der Waals surface area contributed by atoms with Crippen LogP contribution in [0.15, 0.2) is 42.0 Å². The van der Waals surface area contributed by atoms with Crippen LogP contribution in [-0.2, 0) is 19.9 Å². The Balaban J connectivity index is 3.11. The molecule has 2 amide bonds. The number of aliphatic carboxylic acids is 1. The van der Waals surface area contributed by atoms with Gasteiger partial charge in [-0.05, 0) is 44.6 Å². The molecule has 0 radical (unpaired) electrons. The molecule has 0 aliphatic heterocycles. The summed E-state index contributed by atoms with van der Waals surface area (Å²) in [4.78, 5) is 39.6. The molecular formula is C27H43N3O4. The molecule has 0 saturated carbocycles. The molecule has 0 spiro atoms. The predicted octanol–water partition coefficient (Wildman–Crippen LogP) is 3.94. The number of amides is 2. The molecule has 0 bridgehead atoms. The zero-order valence-corrected chi connectivity index (χ0v) is 22.4. The number of likely N-dealkylation sites (N-methyl/N-ethyl adjacent to an activating group) is 1. The summed E-state index contributed by atoms with van der Waals surface area (Å²) in [7, 11) is 1.66. The first kappa shape index (κ1) is 29.4. The zero-order chi connectivity index (χ0) is 26.4. The average molecular weight is 474 g/mol. The van der Waals surface area contributed by atoms with Crippen molar-refractivity contribution < 1.29 is 19.5 Å². The molecule has 190 valence electrons. The van der Waals surface area contributed by atoms with E-state index >= 15 is 0 Å². The molecule has 0 heterocycles. The van der Waals surface area contributed by atoms with E-state index in [9.17, 15) is 19.5 Å². The van der Waals surface area contributed by atoms with Crippen LogP contribution < -0.4 is 10.6 Å². The van der Waals surface area contributed by atoms with Crippen molar-refractivity contribution in [2.45, 2.75) is 86.0 Å². The van der Waals surface area contributed by atoms with Crippen LogP contribution in [0.25, 0.3) is 0 Å². The number of carbonyl (C=O) groups is 3. The first-order chi connectivity index (χ1) is 15.5. The minimum Gasteiger partial charge on any atom is -0.478 e. The summed E-state index contributed by atoms with van der Waals surface area (Å²) in [6.45, 7) is 16.9. The van der Waals surface area contributed by atoms with E-state index in [1.165, 1.54) is 6.92 Å². The molecule has 0 aliphatic rings. The predicted molar refractivity (Wildman–Crippen MR) is 136 cm³/mol. The second kappa shape index (κ2) is 11.6. The van der Waals surface area contributed by atoms with Crippen molar-refractivity contribution in [2.75, 3.05) is 7.05 Å². The van der Waals surface area contributed by atoms with Crippen molar-refractivity contribution in [3.8, 4) is 0 Å². The molecule has 3 atom stereocenters. The number of carboxylic acids is 1. The topological polar surface area (TPSA) is 98.7 Å². The third-order valence-electron chi connectivity index (χ3n) is 6.10. The third kappa shape index (κ3) is 7.97. The highest BCUT2D eigenvalue weighted by atomic mass is 16.4. The minimum atomic E-state index is -1.02. The lowest BCUT2D eigenvalue weighted by atomic mass is 9.84. The lowest BCUT2D eigenvalue weighted by molar-refractivity contribution is -0.140. The van der Waals surface area contributed by atoms with Gasteiger partial charge in [0.1, 0.15) is 6.04 Å². The van der Waals surface area contributed by atoms with Crippen LogP contribution in [0.5, 0.6) is 0 Å². The first-order valence-corrected chi connectivity index (χ1v) is 11.8. The third-order valence-corrected chi connectivity index (χ3v) is 6.10. The van der Waals surface area contributed by atoms with Crippen molar-refractivity contribution in [2.24, 2.45) is 11.3 Å². The van der Waals surface area contributed by atoms with E-state index < -0.39 is 35.0 Å². The van der Waals surface area contributed by atoms with Crippen molar-refractivity contribution in [3.63, 3.8) is 0 Å². The summed E-state index contributed by atoms with van der Waals surface area (Å²) < 4.78 is 0. The quantitative estimate of drug-likeness (QED) is 0.447. The van der Waals surface area contributed by atoms with Crippen molar-refractivity contribution >= 4 is 17.8 Å². The molecular weight excluding hydrogens is 430 g/mol. The molecule has 0 fully saturated rings. The van der Waals surface area contributed by atoms with Gasteiger partial charge in [0, 0.05) is 18.2 Å². The highest BCUT2D eigenvalue weighted by Crippen LogP contribution is 2.24. The number of hydrogen-bond acceptors (Lipinski definition) is 4. The number of rotatable bonds is 10. The smallest absolute Gasteiger partial charge is 0.331 e. The Kier molecular flexibility index (Phi) is 10.1. The maximum absolute atomic E-state index is 13.6. The van der Waals surface area contributed by atoms with E-state index in [2.05, 4.69) is 10.6 Å². The van der Waals surface area contributed by atoms with Gasteiger partial charge in [-0.3, -0.25) is 14.9 Å². The molecule has 34 heavy (non-hydrogen) atoms. The van der Waals surface area contributed by atoms with Crippen molar-refractivity contribution in [3.05, 3.63) is 47.5 Å². The van der Waals surface area contributed by atoms with Crippen LogP contribution in [0.4, 0.5) is 0 Å². The second-order valence-electron chi connectivity index (χ2n) is 11.0. The number of hydrogen-bond donors (Lipinski definition) is 3. The maximum atomic E-state index is 13.6. The first-order valence-electron chi connectivity index (χ1n) is 11.8. The SMILES string of the molecule is C/C(=C\[C@H](C(C)C)N(C)C(=O)[C@@H](NC(=O)[C@H](C)NC(C)(C)c1ccccc1)C(C)(C)C)C(=O)O. The Morgan fingerprint density at radius 1 is 1.00 bits per heavy atom. The van der Waals surface area contributed by atoms with Gasteiger partial charge in [-0.25, -0.2) is 4.79 Å². The Morgan fingerprint density at radius 2 is 1.53 bits per heavy atom. The average Bonchev–Trinajstić information content (AvgIpc) is 2.73. The molecule has 1 rings (SSSR count). The van der Waals surface area contributed by atoms with Gasteiger partial charge in [-0.1, -0.05) is 71.0 Å². The molecule has 7 heteroatoms. The van der Waals surface area contributed by atoms with Gasteiger partial charge in [-0.15, -0.1) is 0 Å². The zero-order valence-electron chi connectivity index (χ0n) is 22.4. The lowest BCUT2D eigenvalue weighted by Crippen LogP contribution is -2.59. The highest BCUT2D eigenvalue weighted by Gasteiger charge is 2.38. The molecule has 0 saturated heterocycles. The Bertz CT molecular complexity index is 885. The molecule has 0 aromatic heterocycles. The second-order valence-corrected chi connectivity index (χ2v) is 11.0. The van der Waals surface area contributed by atoms with Gasteiger partial charge < -0.3 is 15.3 Å². The standard InChI is InChI=1S/C27H43N3O4/c1-17(2)21(16-18(3)25(33)34)30(10)24(32)22(26(5,6)7)28-23(31)19(4)29-27(8,9)20-14-12-11-13-15-20/h11-17,19,21-22,29H,1-10H3,(H,28,31)(H,33,34)/b18-16+/t19-,21+,22+/m0/s1. The van der Waals surface area contributed by atoms with Crippen molar-refractivity contribution in [1.82, 2.24) is 15.5 Å². The van der Waals surface area contributed by atoms with Gasteiger partial charge >= 0.3 is 5.97 Å². The summed E-state index contributed by atoms with van der Waals surface area (Å²) in [6, 6.07) is 8.13.